The third-order valence-electron chi connectivity index (χ3n) is 3.47. The van der Waals surface area contributed by atoms with E-state index in [2.05, 4.69) is 9.98 Å². The highest BCUT2D eigenvalue weighted by Gasteiger charge is 2.08. The molecule has 0 saturated heterocycles. The molecule has 4 nitrogen and oxygen atoms in total. The van der Waals surface area contributed by atoms with Crippen molar-refractivity contribution in [2.75, 3.05) is 12.3 Å². The molecule has 0 unspecified atom stereocenters. The Balaban J connectivity index is 1.70. The summed E-state index contributed by atoms with van der Waals surface area (Å²) in [6.07, 6.45) is 1.61. The van der Waals surface area contributed by atoms with Crippen molar-refractivity contribution in [2.24, 2.45) is 4.99 Å². The highest BCUT2D eigenvalue weighted by Crippen LogP contribution is 2.21. The molecule has 3 aromatic rings. The van der Waals surface area contributed by atoms with E-state index in [4.69, 9.17) is 11.6 Å². The number of aromatic hydroxyl groups is 1. The van der Waals surface area contributed by atoms with Crippen LogP contribution in [0.15, 0.2) is 63.2 Å². The number of hydrogen-bond donors (Lipinski definition) is 2. The lowest BCUT2D eigenvalue weighted by Gasteiger charge is -2.04. The van der Waals surface area contributed by atoms with Crippen LogP contribution in [0.1, 0.15) is 5.56 Å². The van der Waals surface area contributed by atoms with E-state index in [9.17, 15) is 9.90 Å². The number of H-pyrrole nitrogens is 1. The molecule has 0 amide bonds. The fraction of sp³-hybridized carbons (Fsp3) is 0.111. The normalized spacial score (nSPS) is 11.4. The first-order chi connectivity index (χ1) is 11.6. The molecule has 122 valence electrons. The number of aromatic amines is 1. The molecule has 0 aliphatic rings. The summed E-state index contributed by atoms with van der Waals surface area (Å²) in [5.74, 6) is 0.646. The van der Waals surface area contributed by atoms with Crippen LogP contribution in [0.3, 0.4) is 0 Å². The van der Waals surface area contributed by atoms with Gasteiger partial charge in [0.2, 0.25) is 5.88 Å². The maximum atomic E-state index is 11.8. The van der Waals surface area contributed by atoms with Crippen molar-refractivity contribution in [3.63, 3.8) is 0 Å². The molecule has 3 rings (SSSR count). The van der Waals surface area contributed by atoms with Crippen LogP contribution >= 0.6 is 23.4 Å². The van der Waals surface area contributed by atoms with Crippen LogP contribution in [0.2, 0.25) is 5.02 Å². The molecule has 0 saturated carbocycles. The molecule has 0 aliphatic carbocycles. The van der Waals surface area contributed by atoms with Crippen LogP contribution in [0, 0.1) is 0 Å². The molecule has 1 heterocycles. The molecular weight excluding hydrogens is 344 g/mol. The molecule has 0 spiro atoms. The topological polar surface area (TPSA) is 65.5 Å². The summed E-state index contributed by atoms with van der Waals surface area (Å²) in [6, 6.07) is 14.8. The van der Waals surface area contributed by atoms with Crippen LogP contribution < -0.4 is 5.56 Å². The summed E-state index contributed by atoms with van der Waals surface area (Å²) in [7, 11) is 0. The second-order valence-electron chi connectivity index (χ2n) is 5.10. The van der Waals surface area contributed by atoms with Crippen molar-refractivity contribution in [3.8, 4) is 5.88 Å². The number of pyridine rings is 1. The number of nitrogens with zero attached hydrogens (tertiary/aromatic N) is 1. The standard InChI is InChI=1S/C18H15ClN2O2S/c19-12-5-7-13(8-6-12)24-10-9-20-11-16-14-3-1-2-4-15(14)17(22)21-18(16)23/h1-8,11H,9-10H2,(H2,21,22,23). The van der Waals surface area contributed by atoms with Gasteiger partial charge in [0.15, 0.2) is 0 Å². The molecule has 0 radical (unpaired) electrons. The number of benzene rings is 2. The fourth-order valence-electron chi connectivity index (χ4n) is 2.32. The van der Waals surface area contributed by atoms with E-state index in [1.165, 1.54) is 0 Å². The molecule has 0 bridgehead atoms. The third kappa shape index (κ3) is 3.80. The Morgan fingerprint density at radius 2 is 1.83 bits per heavy atom. The molecule has 0 aliphatic heterocycles. The predicted octanol–water partition coefficient (Wildman–Crippen LogP) is 4.10. The zero-order chi connectivity index (χ0) is 16.9. The van der Waals surface area contributed by atoms with Gasteiger partial charge in [-0.25, -0.2) is 0 Å². The number of fused-ring (bicyclic) bond motifs is 1. The number of aromatic nitrogens is 1. The van der Waals surface area contributed by atoms with E-state index in [0.717, 1.165) is 15.7 Å². The summed E-state index contributed by atoms with van der Waals surface area (Å²) in [5.41, 5.74) is 0.222. The fourth-order valence-corrected chi connectivity index (χ4v) is 3.21. The SMILES string of the molecule is O=c1[nH]c(O)c(C=NCCSc2ccc(Cl)cc2)c2ccccc12. The van der Waals surface area contributed by atoms with Crippen molar-refractivity contribution in [3.05, 3.63) is 69.5 Å². The number of nitrogens with one attached hydrogen (secondary N) is 1. The third-order valence-corrected chi connectivity index (χ3v) is 4.72. The maximum Gasteiger partial charge on any atom is 0.258 e. The summed E-state index contributed by atoms with van der Waals surface area (Å²) in [4.78, 5) is 19.8. The predicted molar refractivity (Wildman–Crippen MR) is 101 cm³/mol. The number of thioether (sulfide) groups is 1. The van der Waals surface area contributed by atoms with E-state index < -0.39 is 0 Å². The van der Waals surface area contributed by atoms with Gasteiger partial charge in [0.05, 0.1) is 5.56 Å². The van der Waals surface area contributed by atoms with Crippen LogP contribution in [0.25, 0.3) is 10.8 Å². The summed E-state index contributed by atoms with van der Waals surface area (Å²) in [5, 5.41) is 11.9. The van der Waals surface area contributed by atoms with E-state index in [0.29, 0.717) is 22.9 Å². The summed E-state index contributed by atoms with van der Waals surface area (Å²) < 4.78 is 0. The van der Waals surface area contributed by atoms with Gasteiger partial charge in [-0.05, 0) is 30.3 Å². The quantitative estimate of drug-likeness (QED) is 0.410. The molecule has 24 heavy (non-hydrogen) atoms. The lowest BCUT2D eigenvalue weighted by Crippen LogP contribution is -2.08. The average Bonchev–Trinajstić information content (AvgIpc) is 2.59. The number of hydrogen-bond acceptors (Lipinski definition) is 4. The first kappa shape index (κ1) is 16.6. The second-order valence-corrected chi connectivity index (χ2v) is 6.70. The monoisotopic (exact) mass is 358 g/mol. The van der Waals surface area contributed by atoms with Crippen molar-refractivity contribution in [1.29, 1.82) is 0 Å². The van der Waals surface area contributed by atoms with Gasteiger partial charge >= 0.3 is 0 Å². The Bertz CT molecular complexity index is 936. The summed E-state index contributed by atoms with van der Waals surface area (Å²) in [6.45, 7) is 0.597. The minimum absolute atomic E-state index is 0.159. The highest BCUT2D eigenvalue weighted by atomic mass is 35.5. The van der Waals surface area contributed by atoms with Gasteiger partial charge in [0.1, 0.15) is 0 Å². The smallest absolute Gasteiger partial charge is 0.258 e. The molecule has 6 heteroatoms. The molecule has 0 fully saturated rings. The minimum atomic E-state index is -0.307. The van der Waals surface area contributed by atoms with Gasteiger partial charge in [-0.2, -0.15) is 0 Å². The summed E-state index contributed by atoms with van der Waals surface area (Å²) >= 11 is 7.54. The Morgan fingerprint density at radius 3 is 2.58 bits per heavy atom. The van der Waals surface area contributed by atoms with Gasteiger partial charge in [0, 0.05) is 39.2 Å². The largest absolute Gasteiger partial charge is 0.494 e. The van der Waals surface area contributed by atoms with Crippen molar-refractivity contribution in [2.45, 2.75) is 4.90 Å². The zero-order valence-corrected chi connectivity index (χ0v) is 14.3. The van der Waals surface area contributed by atoms with Crippen molar-refractivity contribution in [1.82, 2.24) is 4.98 Å². The van der Waals surface area contributed by atoms with E-state index in [-0.39, 0.29) is 11.4 Å². The molecular formula is C18H15ClN2O2S. The number of halogens is 1. The lowest BCUT2D eigenvalue weighted by molar-refractivity contribution is 0.452. The molecule has 2 N–H and O–H groups in total. The number of rotatable bonds is 5. The molecule has 2 aromatic carbocycles. The Kier molecular flexibility index (Phi) is 5.23. The molecule has 0 atom stereocenters. The van der Waals surface area contributed by atoms with Gasteiger partial charge in [-0.3, -0.25) is 14.8 Å². The van der Waals surface area contributed by atoms with Gasteiger partial charge in [0.25, 0.3) is 5.56 Å². The van der Waals surface area contributed by atoms with E-state index >= 15 is 0 Å². The first-order valence-corrected chi connectivity index (χ1v) is 8.73. The van der Waals surface area contributed by atoms with Crippen LogP contribution in [-0.2, 0) is 0 Å². The zero-order valence-electron chi connectivity index (χ0n) is 12.7. The van der Waals surface area contributed by atoms with Crippen LogP contribution in [0.4, 0.5) is 0 Å². The van der Waals surface area contributed by atoms with Gasteiger partial charge in [-0.15, -0.1) is 11.8 Å². The Labute approximate surface area is 148 Å². The minimum Gasteiger partial charge on any atom is -0.494 e. The van der Waals surface area contributed by atoms with Crippen molar-refractivity contribution >= 4 is 40.3 Å². The van der Waals surface area contributed by atoms with E-state index in [1.54, 1.807) is 36.2 Å². The Morgan fingerprint density at radius 1 is 1.12 bits per heavy atom. The van der Waals surface area contributed by atoms with Gasteiger partial charge in [-0.1, -0.05) is 29.8 Å². The highest BCUT2D eigenvalue weighted by molar-refractivity contribution is 7.99. The van der Waals surface area contributed by atoms with Crippen LogP contribution in [-0.4, -0.2) is 28.6 Å². The van der Waals surface area contributed by atoms with E-state index in [1.807, 2.05) is 30.3 Å². The first-order valence-electron chi connectivity index (χ1n) is 7.37. The maximum absolute atomic E-state index is 11.8. The Hall–Kier alpha value is -2.24. The number of aliphatic imine (C=N–C) groups is 1. The van der Waals surface area contributed by atoms with Crippen LogP contribution in [0.5, 0.6) is 5.88 Å². The lowest BCUT2D eigenvalue weighted by atomic mass is 10.1. The second kappa shape index (κ2) is 7.55. The van der Waals surface area contributed by atoms with Gasteiger partial charge < -0.3 is 5.11 Å². The molecule has 1 aromatic heterocycles. The van der Waals surface area contributed by atoms with Crippen molar-refractivity contribution < 1.29 is 5.11 Å². The average molecular weight is 359 g/mol.